The molecule has 0 aliphatic rings. The Morgan fingerprint density at radius 2 is 2.00 bits per heavy atom. The molecule has 2 N–H and O–H groups in total. The molecule has 37 heavy (non-hydrogen) atoms. The first-order chi connectivity index (χ1) is 17.6. The van der Waals surface area contributed by atoms with Gasteiger partial charge >= 0.3 is 12.1 Å². The molecule has 0 fully saturated rings. The molecule has 196 valence electrons. The van der Waals surface area contributed by atoms with Gasteiger partial charge in [-0.1, -0.05) is 23.7 Å². The second-order valence-electron chi connectivity index (χ2n) is 7.82. The Labute approximate surface area is 226 Å². The molecule has 3 rings (SSSR count). The lowest BCUT2D eigenvalue weighted by atomic mass is 10.2. The molecule has 1 aromatic carbocycles. The molecule has 14 heteroatoms. The average molecular weight is 595 g/mol. The summed E-state index contributed by atoms with van der Waals surface area (Å²) in [6.45, 7) is 3.40. The van der Waals surface area contributed by atoms with Crippen LogP contribution in [0, 0.1) is 6.92 Å². The number of nitrogens with zero attached hydrogens (tertiary/aromatic N) is 5. The van der Waals surface area contributed by atoms with Crippen LogP contribution in [0.2, 0.25) is 5.02 Å². The molecule has 0 radical (unpaired) electrons. The van der Waals surface area contributed by atoms with Crippen LogP contribution in [0.4, 0.5) is 16.3 Å². The molecule has 2 heterocycles. The van der Waals surface area contributed by atoms with Gasteiger partial charge in [-0.2, -0.15) is 0 Å². The van der Waals surface area contributed by atoms with Crippen molar-refractivity contribution < 1.29 is 23.9 Å². The summed E-state index contributed by atoms with van der Waals surface area (Å²) < 4.78 is 10.8. The van der Waals surface area contributed by atoms with Crippen molar-refractivity contribution >= 4 is 57.0 Å². The first kappa shape index (κ1) is 28.0. The lowest BCUT2D eigenvalue weighted by Gasteiger charge is -2.21. The fraction of sp³-hybridized carbons (Fsp3) is 0.304. The lowest BCUT2D eigenvalue weighted by molar-refractivity contribution is -0.143. The van der Waals surface area contributed by atoms with E-state index in [4.69, 9.17) is 21.1 Å². The van der Waals surface area contributed by atoms with E-state index in [1.54, 1.807) is 31.3 Å². The minimum absolute atomic E-state index is 0.0247. The highest BCUT2D eigenvalue weighted by atomic mass is 79.9. The van der Waals surface area contributed by atoms with Gasteiger partial charge < -0.3 is 20.1 Å². The Morgan fingerprint density at radius 3 is 2.70 bits per heavy atom. The Bertz CT molecular complexity index is 1300. The number of aryl methyl sites for hydroxylation is 1. The molecular formula is C23H25BrClN7O5. The van der Waals surface area contributed by atoms with E-state index in [0.717, 1.165) is 10.4 Å². The molecule has 2 amide bonds. The zero-order valence-electron chi connectivity index (χ0n) is 20.5. The summed E-state index contributed by atoms with van der Waals surface area (Å²) in [5.74, 6) is -0.747. The third-order valence-electron chi connectivity index (χ3n) is 4.94. The van der Waals surface area contributed by atoms with Crippen molar-refractivity contribution in [3.05, 3.63) is 63.0 Å². The van der Waals surface area contributed by atoms with E-state index in [1.165, 1.54) is 25.1 Å². The van der Waals surface area contributed by atoms with Gasteiger partial charge in [0, 0.05) is 18.8 Å². The second-order valence-corrected chi connectivity index (χ2v) is 8.97. The van der Waals surface area contributed by atoms with Crippen LogP contribution in [0.15, 0.2) is 41.1 Å². The molecule has 1 unspecified atom stereocenters. The van der Waals surface area contributed by atoms with Crippen molar-refractivity contribution in [3.63, 3.8) is 0 Å². The molecule has 1 atom stereocenters. The maximum Gasteiger partial charge on any atom is 0.417 e. The van der Waals surface area contributed by atoms with Crippen LogP contribution in [0.3, 0.4) is 0 Å². The number of amides is 2. The van der Waals surface area contributed by atoms with Crippen LogP contribution in [-0.2, 0) is 20.9 Å². The number of hydrogen-bond acceptors (Lipinski definition) is 9. The first-order valence-corrected chi connectivity index (χ1v) is 12.2. The van der Waals surface area contributed by atoms with Crippen LogP contribution >= 0.6 is 27.5 Å². The molecule has 12 nitrogen and oxygen atoms in total. The summed E-state index contributed by atoms with van der Waals surface area (Å²) >= 11 is 9.41. The second kappa shape index (κ2) is 12.6. The third kappa shape index (κ3) is 7.24. The van der Waals surface area contributed by atoms with Gasteiger partial charge in [0.25, 0.3) is 5.91 Å². The van der Waals surface area contributed by atoms with Crippen molar-refractivity contribution in [2.45, 2.75) is 26.7 Å². The molecule has 0 aliphatic heterocycles. The first-order valence-electron chi connectivity index (χ1n) is 11.0. The highest BCUT2D eigenvalue weighted by Gasteiger charge is 2.24. The zero-order valence-corrected chi connectivity index (χ0v) is 22.8. The number of nitrogens with one attached hydrogen (secondary N) is 2. The number of carbonyl (C=O) groups is 3. The largest absolute Gasteiger partial charge is 0.460 e. The molecule has 0 spiro atoms. The third-order valence-corrected chi connectivity index (χ3v) is 5.79. The van der Waals surface area contributed by atoms with Gasteiger partial charge in [0.15, 0.2) is 10.3 Å². The normalized spacial score (nSPS) is 11.5. The number of rotatable bonds is 9. The Balaban J connectivity index is 1.68. The summed E-state index contributed by atoms with van der Waals surface area (Å²) in [6.07, 6.45) is -0.241. The highest BCUT2D eigenvalue weighted by molar-refractivity contribution is 9.10. The van der Waals surface area contributed by atoms with E-state index in [2.05, 4.69) is 41.7 Å². The monoisotopic (exact) mass is 593 g/mol. The molecule has 2 aromatic heterocycles. The van der Waals surface area contributed by atoms with Gasteiger partial charge in [0.05, 0.1) is 17.3 Å². The van der Waals surface area contributed by atoms with Crippen molar-refractivity contribution in [1.82, 2.24) is 25.3 Å². The van der Waals surface area contributed by atoms with E-state index in [-0.39, 0.29) is 29.3 Å². The quantitative estimate of drug-likeness (QED) is 0.355. The minimum Gasteiger partial charge on any atom is -0.460 e. The molecule has 0 aliphatic carbocycles. The summed E-state index contributed by atoms with van der Waals surface area (Å²) in [7, 11) is 3.09. The number of ether oxygens (including phenoxy) is 2. The molecule has 3 aromatic rings. The molecular weight excluding hydrogens is 570 g/mol. The van der Waals surface area contributed by atoms with Crippen molar-refractivity contribution in [1.29, 1.82) is 0 Å². The summed E-state index contributed by atoms with van der Waals surface area (Å²) in [4.78, 5) is 43.7. The number of halogens is 2. The van der Waals surface area contributed by atoms with Gasteiger partial charge in [0.1, 0.15) is 12.4 Å². The van der Waals surface area contributed by atoms with Crippen LogP contribution in [-0.4, -0.2) is 58.6 Å². The standard InChI is InChI=1S/C23H25BrClN7O5/c1-13-7-8-17(16(25)10-13)28-22(34)19-20(24)30-32(29-19)14(2)37-23(35)31(4)21-15(6-5-9-27-21)12-36-18(33)11-26-3/h5-10,14,26H,11-12H2,1-4H3,(H,28,34). The van der Waals surface area contributed by atoms with Gasteiger partial charge in [-0.3, -0.25) is 14.5 Å². The summed E-state index contributed by atoms with van der Waals surface area (Å²) in [5, 5.41) is 14.0. The number of carbonyl (C=O) groups excluding carboxylic acids is 3. The SMILES string of the molecule is CNCC(=O)OCc1cccnc1N(C)C(=O)OC(C)n1nc(Br)c(C(=O)Nc2ccc(C)cc2Cl)n1. The van der Waals surface area contributed by atoms with Gasteiger partial charge in [-0.05, 0) is 60.6 Å². The maximum atomic E-state index is 12.8. The zero-order chi connectivity index (χ0) is 27.1. The predicted octanol–water partition coefficient (Wildman–Crippen LogP) is 3.70. The topological polar surface area (TPSA) is 141 Å². The maximum absolute atomic E-state index is 12.8. The Morgan fingerprint density at radius 1 is 1.24 bits per heavy atom. The molecule has 0 bridgehead atoms. The highest BCUT2D eigenvalue weighted by Crippen LogP contribution is 2.25. The van der Waals surface area contributed by atoms with E-state index in [9.17, 15) is 14.4 Å². The fourth-order valence-corrected chi connectivity index (χ4v) is 3.77. The smallest absolute Gasteiger partial charge is 0.417 e. The lowest BCUT2D eigenvalue weighted by Crippen LogP contribution is -2.31. The number of anilines is 2. The van der Waals surface area contributed by atoms with Crippen LogP contribution in [0.1, 0.15) is 34.8 Å². The van der Waals surface area contributed by atoms with E-state index < -0.39 is 24.2 Å². The number of aromatic nitrogens is 4. The fourth-order valence-electron chi connectivity index (χ4n) is 3.07. The van der Waals surface area contributed by atoms with Crippen molar-refractivity contribution in [2.24, 2.45) is 0 Å². The summed E-state index contributed by atoms with van der Waals surface area (Å²) in [6, 6.07) is 8.56. The predicted molar refractivity (Wildman–Crippen MR) is 139 cm³/mol. The number of esters is 1. The minimum atomic E-state index is -0.976. The number of pyridine rings is 1. The van der Waals surface area contributed by atoms with Crippen molar-refractivity contribution in [3.8, 4) is 0 Å². The molecule has 0 saturated heterocycles. The van der Waals surface area contributed by atoms with E-state index in [0.29, 0.717) is 16.3 Å². The van der Waals surface area contributed by atoms with Crippen LogP contribution in [0.25, 0.3) is 0 Å². The van der Waals surface area contributed by atoms with Gasteiger partial charge in [-0.15, -0.1) is 15.0 Å². The number of hydrogen-bond donors (Lipinski definition) is 2. The average Bonchev–Trinajstić information content (AvgIpc) is 3.26. The van der Waals surface area contributed by atoms with E-state index >= 15 is 0 Å². The molecule has 0 saturated carbocycles. The van der Waals surface area contributed by atoms with Crippen LogP contribution < -0.4 is 15.5 Å². The van der Waals surface area contributed by atoms with Gasteiger partial charge in [-0.25, -0.2) is 9.78 Å². The van der Waals surface area contributed by atoms with E-state index in [1.807, 2.05) is 13.0 Å². The summed E-state index contributed by atoms with van der Waals surface area (Å²) in [5.41, 5.74) is 1.85. The number of likely N-dealkylation sites (N-methyl/N-ethyl adjacent to an activating group) is 1. The Kier molecular flexibility index (Phi) is 9.55. The van der Waals surface area contributed by atoms with Crippen molar-refractivity contribution in [2.75, 3.05) is 30.9 Å². The van der Waals surface area contributed by atoms with Crippen LogP contribution in [0.5, 0.6) is 0 Å². The van der Waals surface area contributed by atoms with Gasteiger partial charge in [0.2, 0.25) is 6.23 Å². The Hall–Kier alpha value is -3.55. The number of benzene rings is 1.